The van der Waals surface area contributed by atoms with Gasteiger partial charge in [-0.25, -0.2) is 9.78 Å². The second-order valence-corrected chi connectivity index (χ2v) is 8.03. The van der Waals surface area contributed by atoms with Crippen molar-refractivity contribution in [3.8, 4) is 5.75 Å². The minimum absolute atomic E-state index is 0.00327. The molecule has 3 aromatic rings. The number of non-ortho nitro benzene ring substituents is 1. The number of thiazole rings is 1. The predicted octanol–water partition coefficient (Wildman–Crippen LogP) is 3.58. The minimum atomic E-state index is -0.517. The van der Waals surface area contributed by atoms with Gasteiger partial charge in [-0.1, -0.05) is 11.3 Å². The van der Waals surface area contributed by atoms with E-state index in [1.54, 1.807) is 35.6 Å². The number of carbonyl (C=O) groups excluding carboxylic acids is 1. The van der Waals surface area contributed by atoms with Crippen LogP contribution in [-0.4, -0.2) is 54.0 Å². The number of nitrogens with zero attached hydrogens (tertiary/aromatic N) is 4. The number of hydrogen-bond acceptors (Lipinski definition) is 8. The summed E-state index contributed by atoms with van der Waals surface area (Å²) < 4.78 is 6.37. The molecule has 0 aliphatic carbocycles. The van der Waals surface area contributed by atoms with Crippen LogP contribution in [-0.2, 0) is 4.79 Å². The fourth-order valence-corrected chi connectivity index (χ4v) is 4.16. The van der Waals surface area contributed by atoms with E-state index in [-0.39, 0.29) is 5.69 Å². The summed E-state index contributed by atoms with van der Waals surface area (Å²) in [5.41, 5.74) is 1.56. The summed E-state index contributed by atoms with van der Waals surface area (Å²) in [5.74, 6) is -0.0639. The van der Waals surface area contributed by atoms with Crippen molar-refractivity contribution in [2.24, 2.45) is 0 Å². The minimum Gasteiger partial charge on any atom is -0.423 e. The Labute approximate surface area is 177 Å². The van der Waals surface area contributed by atoms with Crippen LogP contribution in [0.5, 0.6) is 5.75 Å². The molecule has 0 spiro atoms. The number of hydrogen-bond donors (Lipinski definition) is 0. The quantitative estimate of drug-likeness (QED) is 0.203. The van der Waals surface area contributed by atoms with Crippen LogP contribution >= 0.6 is 11.3 Å². The van der Waals surface area contributed by atoms with Gasteiger partial charge in [0, 0.05) is 50.5 Å². The molecule has 0 saturated carbocycles. The smallest absolute Gasteiger partial charge is 0.336 e. The molecule has 2 heterocycles. The Morgan fingerprint density at radius 2 is 1.90 bits per heavy atom. The van der Waals surface area contributed by atoms with Gasteiger partial charge in [-0.2, -0.15) is 0 Å². The Bertz CT molecular complexity index is 1100. The molecule has 0 amide bonds. The first kappa shape index (κ1) is 20.0. The summed E-state index contributed by atoms with van der Waals surface area (Å²) in [5, 5.41) is 11.7. The SMILES string of the molecule is CN1CCN(c2nc3ccc(OC(=O)/C=C\c4ccc([N+](=O)[O-])cc4)cc3s2)CC1. The topological polar surface area (TPSA) is 88.8 Å². The van der Waals surface area contributed by atoms with E-state index >= 15 is 0 Å². The number of fused-ring (bicyclic) bond motifs is 1. The fourth-order valence-electron chi connectivity index (χ4n) is 3.11. The van der Waals surface area contributed by atoms with Crippen molar-refractivity contribution in [3.05, 3.63) is 64.2 Å². The van der Waals surface area contributed by atoms with Gasteiger partial charge >= 0.3 is 5.97 Å². The number of rotatable bonds is 5. The van der Waals surface area contributed by atoms with Crippen molar-refractivity contribution in [1.82, 2.24) is 9.88 Å². The van der Waals surface area contributed by atoms with Crippen LogP contribution in [0.1, 0.15) is 5.56 Å². The number of ether oxygens (including phenoxy) is 1. The summed E-state index contributed by atoms with van der Waals surface area (Å²) in [7, 11) is 2.12. The third-order valence-corrected chi connectivity index (χ3v) is 5.94. The number of anilines is 1. The summed E-state index contributed by atoms with van der Waals surface area (Å²) in [6, 6.07) is 11.3. The van der Waals surface area contributed by atoms with E-state index in [4.69, 9.17) is 9.72 Å². The van der Waals surface area contributed by atoms with Crippen molar-refractivity contribution >= 4 is 44.4 Å². The predicted molar refractivity (Wildman–Crippen MR) is 117 cm³/mol. The molecule has 0 atom stereocenters. The average Bonchev–Trinajstić information content (AvgIpc) is 3.16. The van der Waals surface area contributed by atoms with Crippen LogP contribution in [0, 0.1) is 10.1 Å². The highest BCUT2D eigenvalue weighted by molar-refractivity contribution is 7.22. The Balaban J connectivity index is 1.41. The third kappa shape index (κ3) is 4.64. The van der Waals surface area contributed by atoms with Gasteiger partial charge in [-0.05, 0) is 43.0 Å². The maximum absolute atomic E-state index is 12.1. The van der Waals surface area contributed by atoms with Gasteiger partial charge in [0.2, 0.25) is 0 Å². The number of likely N-dealkylation sites (N-methyl/N-ethyl adjacent to an activating group) is 1. The molecule has 1 aliphatic heterocycles. The normalized spacial score (nSPS) is 15.0. The number of aromatic nitrogens is 1. The molecular weight excluding hydrogens is 404 g/mol. The number of piperazine rings is 1. The van der Waals surface area contributed by atoms with Crippen molar-refractivity contribution in [3.63, 3.8) is 0 Å². The van der Waals surface area contributed by atoms with E-state index in [2.05, 4.69) is 16.8 Å². The number of nitro groups is 1. The van der Waals surface area contributed by atoms with Gasteiger partial charge in [0.05, 0.1) is 15.1 Å². The Morgan fingerprint density at radius 3 is 2.60 bits per heavy atom. The summed E-state index contributed by atoms with van der Waals surface area (Å²) in [4.78, 5) is 31.6. The lowest BCUT2D eigenvalue weighted by Gasteiger charge is -2.31. The molecule has 0 unspecified atom stereocenters. The average molecular weight is 424 g/mol. The second-order valence-electron chi connectivity index (χ2n) is 7.02. The molecule has 0 bridgehead atoms. The first-order valence-electron chi connectivity index (χ1n) is 9.46. The van der Waals surface area contributed by atoms with Gasteiger partial charge in [-0.15, -0.1) is 0 Å². The zero-order chi connectivity index (χ0) is 21.1. The van der Waals surface area contributed by atoms with E-state index in [0.29, 0.717) is 11.3 Å². The monoisotopic (exact) mass is 424 g/mol. The van der Waals surface area contributed by atoms with E-state index in [0.717, 1.165) is 41.5 Å². The molecule has 0 N–H and O–H groups in total. The van der Waals surface area contributed by atoms with Crippen molar-refractivity contribution in [1.29, 1.82) is 0 Å². The van der Waals surface area contributed by atoms with E-state index in [9.17, 15) is 14.9 Å². The molecule has 0 radical (unpaired) electrons. The van der Waals surface area contributed by atoms with E-state index in [1.807, 2.05) is 12.1 Å². The number of carbonyl (C=O) groups is 1. The Kier molecular flexibility index (Phi) is 5.73. The van der Waals surface area contributed by atoms with Gasteiger partial charge in [0.1, 0.15) is 5.75 Å². The van der Waals surface area contributed by atoms with Crippen LogP contribution in [0.25, 0.3) is 16.3 Å². The maximum atomic E-state index is 12.1. The lowest BCUT2D eigenvalue weighted by molar-refractivity contribution is -0.384. The van der Waals surface area contributed by atoms with Gasteiger partial charge in [-0.3, -0.25) is 10.1 Å². The highest BCUT2D eigenvalue weighted by atomic mass is 32.1. The van der Waals surface area contributed by atoms with Crippen molar-refractivity contribution in [2.75, 3.05) is 38.1 Å². The molecule has 9 heteroatoms. The van der Waals surface area contributed by atoms with Crippen LogP contribution in [0.2, 0.25) is 0 Å². The summed E-state index contributed by atoms with van der Waals surface area (Å²) >= 11 is 1.59. The van der Waals surface area contributed by atoms with Crippen molar-refractivity contribution in [2.45, 2.75) is 0 Å². The third-order valence-electron chi connectivity index (χ3n) is 4.86. The molecule has 8 nitrogen and oxygen atoms in total. The Hall–Kier alpha value is -3.30. The molecule has 1 aliphatic rings. The van der Waals surface area contributed by atoms with Crippen LogP contribution in [0.4, 0.5) is 10.8 Å². The van der Waals surface area contributed by atoms with E-state index < -0.39 is 10.9 Å². The molecular formula is C21H20N4O4S. The zero-order valence-electron chi connectivity index (χ0n) is 16.4. The number of esters is 1. The number of benzene rings is 2. The first-order valence-corrected chi connectivity index (χ1v) is 10.3. The lowest BCUT2D eigenvalue weighted by Crippen LogP contribution is -2.44. The Morgan fingerprint density at radius 1 is 1.17 bits per heavy atom. The van der Waals surface area contributed by atoms with E-state index in [1.165, 1.54) is 18.2 Å². The molecule has 30 heavy (non-hydrogen) atoms. The highest BCUT2D eigenvalue weighted by Crippen LogP contribution is 2.32. The molecule has 1 aromatic heterocycles. The molecule has 1 saturated heterocycles. The number of nitro benzene ring substituents is 1. The van der Waals surface area contributed by atoms with Gasteiger partial charge in [0.25, 0.3) is 5.69 Å². The van der Waals surface area contributed by atoms with Gasteiger partial charge in [0.15, 0.2) is 5.13 Å². The molecule has 154 valence electrons. The second kappa shape index (κ2) is 8.60. The zero-order valence-corrected chi connectivity index (χ0v) is 17.2. The van der Waals surface area contributed by atoms with Gasteiger partial charge < -0.3 is 14.5 Å². The van der Waals surface area contributed by atoms with Crippen LogP contribution < -0.4 is 9.64 Å². The lowest BCUT2D eigenvalue weighted by atomic mass is 10.2. The first-order chi connectivity index (χ1) is 14.5. The fraction of sp³-hybridized carbons (Fsp3) is 0.238. The highest BCUT2D eigenvalue weighted by Gasteiger charge is 2.18. The standard InChI is InChI=1S/C21H20N4O4S/c1-23-10-12-24(13-11-23)21-22-18-8-7-17(14-19(18)30-21)29-20(26)9-4-15-2-5-16(6-3-15)25(27)28/h2-9,14H,10-13H2,1H3/b9-4-. The summed E-state index contributed by atoms with van der Waals surface area (Å²) in [6.07, 6.45) is 2.86. The van der Waals surface area contributed by atoms with Crippen molar-refractivity contribution < 1.29 is 14.5 Å². The maximum Gasteiger partial charge on any atom is 0.336 e. The van der Waals surface area contributed by atoms with Crippen LogP contribution in [0.15, 0.2) is 48.5 Å². The molecule has 1 fully saturated rings. The van der Waals surface area contributed by atoms with Crippen LogP contribution in [0.3, 0.4) is 0 Å². The summed E-state index contributed by atoms with van der Waals surface area (Å²) in [6.45, 7) is 3.93. The largest absolute Gasteiger partial charge is 0.423 e. The molecule has 4 rings (SSSR count). The molecule has 2 aromatic carbocycles.